The third-order valence-corrected chi connectivity index (χ3v) is 6.44. The average molecular weight is 425 g/mol. The van der Waals surface area contributed by atoms with Crippen molar-refractivity contribution in [3.63, 3.8) is 0 Å². The highest BCUT2D eigenvalue weighted by Gasteiger charge is 2.39. The number of rotatable bonds is 5. The van der Waals surface area contributed by atoms with Gasteiger partial charge in [0.15, 0.2) is 5.66 Å². The minimum Gasteiger partial charge on any atom is -0.323 e. The van der Waals surface area contributed by atoms with Crippen molar-refractivity contribution >= 4 is 34.1 Å². The smallest absolute Gasteiger partial charge is 0.234 e. The number of nitrogens with zero attached hydrogens (tertiary/aromatic N) is 3. The van der Waals surface area contributed by atoms with Gasteiger partial charge in [0.1, 0.15) is 10.9 Å². The van der Waals surface area contributed by atoms with E-state index >= 15 is 0 Å². The average Bonchev–Trinajstić information content (AvgIpc) is 3.13. The summed E-state index contributed by atoms with van der Waals surface area (Å²) in [5.74, 6) is -0.555. The molecule has 0 radical (unpaired) electrons. The van der Waals surface area contributed by atoms with Crippen LogP contribution in [-0.4, -0.2) is 52.6 Å². The Labute approximate surface area is 180 Å². The highest BCUT2D eigenvalue weighted by atomic mass is 32.2. The quantitative estimate of drug-likeness (QED) is 0.782. The van der Waals surface area contributed by atoms with Crippen LogP contribution in [-0.2, 0) is 4.79 Å². The Bertz CT molecular complexity index is 968. The van der Waals surface area contributed by atoms with Crippen LogP contribution < -0.4 is 5.32 Å². The molecule has 0 bridgehead atoms. The molecule has 1 saturated heterocycles. The Hall–Kier alpha value is -2.51. The van der Waals surface area contributed by atoms with Gasteiger partial charge in [-0.15, -0.1) is 0 Å². The number of hydrogen-bond donors (Lipinski definition) is 1. The fourth-order valence-electron chi connectivity index (χ4n) is 3.74. The Morgan fingerprint density at radius 3 is 2.50 bits per heavy atom. The van der Waals surface area contributed by atoms with E-state index in [4.69, 9.17) is 9.98 Å². The van der Waals surface area contributed by atoms with Crippen molar-refractivity contribution in [3.05, 3.63) is 66.0 Å². The van der Waals surface area contributed by atoms with Gasteiger partial charge in [0.05, 0.1) is 17.2 Å². The maximum Gasteiger partial charge on any atom is 0.234 e. The molecule has 1 amide bonds. The monoisotopic (exact) mass is 424 g/mol. The molecule has 7 heteroatoms. The van der Waals surface area contributed by atoms with Crippen LogP contribution >= 0.6 is 11.8 Å². The van der Waals surface area contributed by atoms with E-state index in [-0.39, 0.29) is 17.3 Å². The summed E-state index contributed by atoms with van der Waals surface area (Å²) in [6, 6.07) is 16.2. The van der Waals surface area contributed by atoms with Crippen molar-refractivity contribution < 1.29 is 9.18 Å². The SMILES string of the molecule is CCN1CCC2(CC1)N=C(SCC(=O)Nc1ccccc1F)C(c1ccccc1)=N2. The largest absolute Gasteiger partial charge is 0.323 e. The van der Waals surface area contributed by atoms with E-state index in [1.54, 1.807) is 18.2 Å². The molecule has 0 saturated carbocycles. The molecule has 1 spiro atoms. The Balaban J connectivity index is 1.50. The third-order valence-electron chi connectivity index (χ3n) is 5.47. The summed E-state index contributed by atoms with van der Waals surface area (Å²) < 4.78 is 13.8. The van der Waals surface area contributed by atoms with Gasteiger partial charge in [0, 0.05) is 31.5 Å². The van der Waals surface area contributed by atoms with E-state index in [0.29, 0.717) is 0 Å². The van der Waals surface area contributed by atoms with Crippen LogP contribution in [0.4, 0.5) is 10.1 Å². The number of thioether (sulfide) groups is 1. The molecule has 0 unspecified atom stereocenters. The lowest BCUT2D eigenvalue weighted by Crippen LogP contribution is -2.41. The van der Waals surface area contributed by atoms with Crippen LogP contribution in [0, 0.1) is 5.82 Å². The molecule has 0 aliphatic carbocycles. The number of hydrogen-bond acceptors (Lipinski definition) is 5. The zero-order chi connectivity index (χ0) is 21.0. The number of para-hydroxylation sites is 1. The number of carbonyl (C=O) groups is 1. The summed E-state index contributed by atoms with van der Waals surface area (Å²) in [7, 11) is 0. The van der Waals surface area contributed by atoms with Crippen LogP contribution in [0.3, 0.4) is 0 Å². The molecular weight excluding hydrogens is 399 g/mol. The molecule has 4 rings (SSSR count). The fourth-order valence-corrected chi connectivity index (χ4v) is 4.62. The van der Waals surface area contributed by atoms with Gasteiger partial charge in [-0.3, -0.25) is 9.79 Å². The van der Waals surface area contributed by atoms with E-state index in [0.717, 1.165) is 48.8 Å². The number of halogens is 1. The van der Waals surface area contributed by atoms with Gasteiger partial charge in [-0.25, -0.2) is 9.38 Å². The lowest BCUT2D eigenvalue weighted by molar-refractivity contribution is -0.113. The number of aliphatic imine (C=N–C) groups is 2. The molecule has 30 heavy (non-hydrogen) atoms. The molecule has 0 aromatic heterocycles. The van der Waals surface area contributed by atoms with Gasteiger partial charge in [0.2, 0.25) is 5.91 Å². The van der Waals surface area contributed by atoms with Crippen LogP contribution in [0.15, 0.2) is 64.6 Å². The van der Waals surface area contributed by atoms with Gasteiger partial charge in [-0.1, -0.05) is 61.2 Å². The summed E-state index contributed by atoms with van der Waals surface area (Å²) in [4.78, 5) is 24.9. The normalized spacial score (nSPS) is 18.2. The zero-order valence-electron chi connectivity index (χ0n) is 17.0. The number of likely N-dealkylation sites (tertiary alicyclic amines) is 1. The first-order valence-corrected chi connectivity index (χ1v) is 11.2. The van der Waals surface area contributed by atoms with Gasteiger partial charge < -0.3 is 10.2 Å². The maximum absolute atomic E-state index is 13.8. The van der Waals surface area contributed by atoms with Crippen molar-refractivity contribution in [2.24, 2.45) is 9.98 Å². The first-order valence-electron chi connectivity index (χ1n) is 10.2. The summed E-state index contributed by atoms with van der Waals surface area (Å²) in [5, 5.41) is 3.42. The summed E-state index contributed by atoms with van der Waals surface area (Å²) in [6.07, 6.45) is 1.76. The maximum atomic E-state index is 13.8. The Morgan fingerprint density at radius 2 is 1.80 bits per heavy atom. The molecule has 1 fully saturated rings. The van der Waals surface area contributed by atoms with E-state index in [9.17, 15) is 9.18 Å². The predicted molar refractivity (Wildman–Crippen MR) is 122 cm³/mol. The van der Waals surface area contributed by atoms with Crippen molar-refractivity contribution in [2.45, 2.75) is 25.4 Å². The van der Waals surface area contributed by atoms with Crippen molar-refractivity contribution in [3.8, 4) is 0 Å². The molecule has 5 nitrogen and oxygen atoms in total. The lowest BCUT2D eigenvalue weighted by Gasteiger charge is -2.34. The number of carbonyl (C=O) groups excluding carboxylic acids is 1. The summed E-state index contributed by atoms with van der Waals surface area (Å²) in [6.45, 7) is 5.14. The van der Waals surface area contributed by atoms with Gasteiger partial charge in [-0.2, -0.15) is 0 Å². The molecular formula is C23H25FN4OS. The molecule has 2 heterocycles. The zero-order valence-corrected chi connectivity index (χ0v) is 17.8. The van der Waals surface area contributed by atoms with E-state index in [2.05, 4.69) is 17.1 Å². The van der Waals surface area contributed by atoms with Gasteiger partial charge in [-0.05, 0) is 18.7 Å². The minimum absolute atomic E-state index is 0.149. The molecule has 2 aromatic rings. The molecule has 1 N–H and O–H groups in total. The second kappa shape index (κ2) is 9.10. The predicted octanol–water partition coefficient (Wildman–Crippen LogP) is 4.21. The van der Waals surface area contributed by atoms with Crippen molar-refractivity contribution in [1.82, 2.24) is 4.90 Å². The fraction of sp³-hybridized carbons (Fsp3) is 0.348. The minimum atomic E-state index is -0.442. The summed E-state index contributed by atoms with van der Waals surface area (Å²) >= 11 is 1.37. The molecule has 2 aliphatic heterocycles. The summed E-state index contributed by atoms with van der Waals surface area (Å²) in [5.41, 5.74) is 1.62. The van der Waals surface area contributed by atoms with Crippen LogP contribution in [0.1, 0.15) is 25.3 Å². The van der Waals surface area contributed by atoms with Gasteiger partial charge >= 0.3 is 0 Å². The van der Waals surface area contributed by atoms with E-state index in [1.807, 2.05) is 30.3 Å². The highest BCUT2D eigenvalue weighted by Crippen LogP contribution is 2.35. The molecule has 2 aromatic carbocycles. The van der Waals surface area contributed by atoms with Crippen molar-refractivity contribution in [2.75, 3.05) is 30.7 Å². The topological polar surface area (TPSA) is 57.1 Å². The Morgan fingerprint density at radius 1 is 1.10 bits per heavy atom. The van der Waals surface area contributed by atoms with E-state index < -0.39 is 11.5 Å². The van der Waals surface area contributed by atoms with Crippen LogP contribution in [0.5, 0.6) is 0 Å². The lowest BCUT2D eigenvalue weighted by atomic mass is 9.98. The van der Waals surface area contributed by atoms with Crippen LogP contribution in [0.25, 0.3) is 0 Å². The molecule has 156 valence electrons. The highest BCUT2D eigenvalue weighted by molar-refractivity contribution is 8.16. The number of amides is 1. The second-order valence-electron chi connectivity index (χ2n) is 7.48. The Kier molecular flexibility index (Phi) is 6.29. The standard InChI is InChI=1S/C23H25FN4OS/c1-2-28-14-12-23(13-15-28)26-21(17-8-4-3-5-9-17)22(27-23)30-16-20(29)25-19-11-7-6-10-18(19)24/h3-11H,2,12-16H2,1H3,(H,25,29). The first-order chi connectivity index (χ1) is 14.6. The molecule has 2 aliphatic rings. The second-order valence-corrected chi connectivity index (χ2v) is 8.44. The number of nitrogens with one attached hydrogen (secondary N) is 1. The number of anilines is 1. The third kappa shape index (κ3) is 4.63. The van der Waals surface area contributed by atoms with Gasteiger partial charge in [0.25, 0.3) is 0 Å². The number of piperidine rings is 1. The van der Waals surface area contributed by atoms with Crippen LogP contribution in [0.2, 0.25) is 0 Å². The first kappa shape index (κ1) is 20.8. The number of benzene rings is 2. The van der Waals surface area contributed by atoms with Crippen molar-refractivity contribution in [1.29, 1.82) is 0 Å². The molecule has 0 atom stereocenters. The van der Waals surface area contributed by atoms with E-state index in [1.165, 1.54) is 17.8 Å².